The van der Waals surface area contributed by atoms with E-state index in [1.54, 1.807) is 24.5 Å². The quantitative estimate of drug-likeness (QED) is 0.938. The summed E-state index contributed by atoms with van der Waals surface area (Å²) in [6.45, 7) is 4.16. The van der Waals surface area contributed by atoms with Crippen molar-refractivity contribution in [2.45, 2.75) is 42.9 Å². The smallest absolute Gasteiger partial charge is 0.238 e. The molecular formula is C16H19N3O2S. The first kappa shape index (κ1) is 15.1. The van der Waals surface area contributed by atoms with Crippen molar-refractivity contribution < 1.29 is 8.42 Å². The van der Waals surface area contributed by atoms with Crippen LogP contribution in [0.25, 0.3) is 0 Å². The van der Waals surface area contributed by atoms with E-state index in [2.05, 4.69) is 23.8 Å². The highest BCUT2D eigenvalue weighted by Gasteiger charge is 2.43. The maximum absolute atomic E-state index is 11.7. The molecule has 1 aliphatic rings. The van der Waals surface area contributed by atoms with Crippen LogP contribution in [0.5, 0.6) is 0 Å². The molecule has 6 heteroatoms. The average Bonchev–Trinajstić information content (AvgIpc) is 3.27. The molecule has 2 atom stereocenters. The zero-order chi connectivity index (χ0) is 15.9. The van der Waals surface area contributed by atoms with Crippen LogP contribution in [0.15, 0.2) is 41.6 Å². The van der Waals surface area contributed by atoms with Crippen molar-refractivity contribution in [2.75, 3.05) is 0 Å². The standard InChI is InChI=1S/C16H19N3O2S/c1-10(2)14-8-18-9-15(19-14)13-7-12(13)11-5-3-4-6-16(11)22(17,20)21/h3-6,8-10,12-13H,7H2,1-2H3,(H2,17,20,21). The fourth-order valence-electron chi connectivity index (χ4n) is 2.77. The number of nitrogens with two attached hydrogens (primary N) is 1. The molecule has 2 aromatic rings. The Bertz CT molecular complexity index is 803. The normalized spacial score (nSPS) is 21.1. The SMILES string of the molecule is CC(C)c1cncc(C2CC2c2ccccc2S(N)(=O)=O)n1. The molecule has 1 aromatic heterocycles. The summed E-state index contributed by atoms with van der Waals surface area (Å²) in [7, 11) is -3.70. The monoisotopic (exact) mass is 317 g/mol. The van der Waals surface area contributed by atoms with E-state index in [-0.39, 0.29) is 16.7 Å². The molecule has 1 heterocycles. The summed E-state index contributed by atoms with van der Waals surface area (Å²) in [6, 6.07) is 6.94. The third kappa shape index (κ3) is 2.89. The largest absolute Gasteiger partial charge is 0.261 e. The molecule has 1 aliphatic carbocycles. The molecular weight excluding hydrogens is 298 g/mol. The lowest BCUT2D eigenvalue weighted by molar-refractivity contribution is 0.596. The van der Waals surface area contributed by atoms with Crippen molar-refractivity contribution in [3.05, 3.63) is 53.6 Å². The average molecular weight is 317 g/mol. The van der Waals surface area contributed by atoms with Gasteiger partial charge in [-0.25, -0.2) is 13.6 Å². The summed E-state index contributed by atoms with van der Waals surface area (Å²) >= 11 is 0. The van der Waals surface area contributed by atoms with Crippen molar-refractivity contribution in [3.63, 3.8) is 0 Å². The van der Waals surface area contributed by atoms with Crippen LogP contribution in [0, 0.1) is 0 Å². The zero-order valence-corrected chi connectivity index (χ0v) is 13.4. The maximum Gasteiger partial charge on any atom is 0.238 e. The molecule has 116 valence electrons. The topological polar surface area (TPSA) is 85.9 Å². The van der Waals surface area contributed by atoms with Crippen LogP contribution in [-0.2, 0) is 10.0 Å². The van der Waals surface area contributed by atoms with Crippen molar-refractivity contribution in [1.29, 1.82) is 0 Å². The van der Waals surface area contributed by atoms with Gasteiger partial charge < -0.3 is 0 Å². The van der Waals surface area contributed by atoms with Crippen LogP contribution in [0.4, 0.5) is 0 Å². The highest BCUT2D eigenvalue weighted by atomic mass is 32.2. The molecule has 2 unspecified atom stereocenters. The fraction of sp³-hybridized carbons (Fsp3) is 0.375. The number of aromatic nitrogens is 2. The van der Waals surface area contributed by atoms with Gasteiger partial charge in [-0.1, -0.05) is 32.0 Å². The van der Waals surface area contributed by atoms with Crippen LogP contribution in [0.1, 0.15) is 55.0 Å². The van der Waals surface area contributed by atoms with Gasteiger partial charge in [-0.05, 0) is 29.9 Å². The first-order chi connectivity index (χ1) is 10.4. The van der Waals surface area contributed by atoms with Crippen LogP contribution in [-0.4, -0.2) is 18.4 Å². The zero-order valence-electron chi connectivity index (χ0n) is 12.6. The maximum atomic E-state index is 11.7. The Morgan fingerprint density at radius 3 is 2.59 bits per heavy atom. The first-order valence-electron chi connectivity index (χ1n) is 7.31. The van der Waals surface area contributed by atoms with Gasteiger partial charge in [0.25, 0.3) is 0 Å². The van der Waals surface area contributed by atoms with Crippen molar-refractivity contribution in [1.82, 2.24) is 9.97 Å². The van der Waals surface area contributed by atoms with E-state index < -0.39 is 10.0 Å². The van der Waals surface area contributed by atoms with E-state index in [9.17, 15) is 8.42 Å². The predicted octanol–water partition coefficient (Wildman–Crippen LogP) is 2.52. The van der Waals surface area contributed by atoms with Gasteiger partial charge in [0.1, 0.15) is 0 Å². The molecule has 1 fully saturated rings. The lowest BCUT2D eigenvalue weighted by atomic mass is 10.1. The van der Waals surface area contributed by atoms with Crippen LogP contribution >= 0.6 is 0 Å². The summed E-state index contributed by atoms with van der Waals surface area (Å²) in [5.41, 5.74) is 2.68. The number of hydrogen-bond donors (Lipinski definition) is 1. The Kier molecular flexibility index (Phi) is 3.74. The molecule has 0 radical (unpaired) electrons. The van der Waals surface area contributed by atoms with E-state index in [1.807, 2.05) is 12.1 Å². The van der Waals surface area contributed by atoms with Crippen molar-refractivity contribution in [2.24, 2.45) is 5.14 Å². The molecule has 5 nitrogen and oxygen atoms in total. The minimum absolute atomic E-state index is 0.145. The molecule has 0 bridgehead atoms. The highest BCUT2D eigenvalue weighted by Crippen LogP contribution is 2.55. The van der Waals surface area contributed by atoms with Crippen molar-refractivity contribution >= 4 is 10.0 Å². The second-order valence-electron chi connectivity index (χ2n) is 6.06. The number of hydrogen-bond acceptors (Lipinski definition) is 4. The van der Waals surface area contributed by atoms with Crippen molar-refractivity contribution in [3.8, 4) is 0 Å². The number of benzene rings is 1. The van der Waals surface area contributed by atoms with Gasteiger partial charge in [0.05, 0.1) is 16.3 Å². The molecule has 1 aromatic carbocycles. The van der Waals surface area contributed by atoms with E-state index in [1.165, 1.54) is 0 Å². The van der Waals surface area contributed by atoms with Gasteiger partial charge in [0.15, 0.2) is 0 Å². The van der Waals surface area contributed by atoms with E-state index >= 15 is 0 Å². The Labute approximate surface area is 130 Å². The summed E-state index contributed by atoms with van der Waals surface area (Å²) < 4.78 is 23.4. The lowest BCUT2D eigenvalue weighted by Crippen LogP contribution is -2.14. The van der Waals surface area contributed by atoms with Gasteiger partial charge >= 0.3 is 0 Å². The molecule has 1 saturated carbocycles. The van der Waals surface area contributed by atoms with Gasteiger partial charge in [-0.3, -0.25) is 9.97 Å². The molecule has 3 rings (SSSR count). The van der Waals surface area contributed by atoms with E-state index in [0.717, 1.165) is 23.4 Å². The highest BCUT2D eigenvalue weighted by molar-refractivity contribution is 7.89. The molecule has 2 N–H and O–H groups in total. The second-order valence-corrected chi connectivity index (χ2v) is 7.58. The lowest BCUT2D eigenvalue weighted by Gasteiger charge is -2.08. The summed E-state index contributed by atoms with van der Waals surface area (Å²) in [6.07, 6.45) is 4.43. The summed E-state index contributed by atoms with van der Waals surface area (Å²) in [5, 5.41) is 5.32. The van der Waals surface area contributed by atoms with Crippen LogP contribution in [0.2, 0.25) is 0 Å². The molecule has 0 spiro atoms. The number of rotatable bonds is 4. The predicted molar refractivity (Wildman–Crippen MR) is 84.0 cm³/mol. The molecule has 0 aliphatic heterocycles. The number of nitrogens with zero attached hydrogens (tertiary/aromatic N) is 2. The number of sulfonamides is 1. The molecule has 0 amide bonds. The Morgan fingerprint density at radius 1 is 1.18 bits per heavy atom. The summed E-state index contributed by atoms with van der Waals surface area (Å²) in [5.74, 6) is 0.682. The van der Waals surface area contributed by atoms with Gasteiger partial charge in [-0.2, -0.15) is 0 Å². The minimum atomic E-state index is -3.70. The third-order valence-electron chi connectivity index (χ3n) is 4.06. The van der Waals surface area contributed by atoms with Gasteiger partial charge in [0.2, 0.25) is 10.0 Å². The van der Waals surface area contributed by atoms with Gasteiger partial charge in [0, 0.05) is 18.3 Å². The third-order valence-corrected chi connectivity index (χ3v) is 5.04. The van der Waals surface area contributed by atoms with E-state index in [0.29, 0.717) is 5.92 Å². The second kappa shape index (κ2) is 5.44. The minimum Gasteiger partial charge on any atom is -0.261 e. The van der Waals surface area contributed by atoms with Gasteiger partial charge in [-0.15, -0.1) is 0 Å². The molecule has 0 saturated heterocycles. The van der Waals surface area contributed by atoms with Crippen LogP contribution < -0.4 is 5.14 Å². The Hall–Kier alpha value is -1.79. The Balaban J connectivity index is 1.91. The fourth-order valence-corrected chi connectivity index (χ4v) is 3.58. The Morgan fingerprint density at radius 2 is 1.91 bits per heavy atom. The van der Waals surface area contributed by atoms with Crippen LogP contribution in [0.3, 0.4) is 0 Å². The first-order valence-corrected chi connectivity index (χ1v) is 8.86. The molecule has 22 heavy (non-hydrogen) atoms. The van der Waals surface area contributed by atoms with E-state index in [4.69, 9.17) is 5.14 Å². The number of primary sulfonamides is 1. The summed E-state index contributed by atoms with van der Waals surface area (Å²) in [4.78, 5) is 9.14.